The maximum Gasteiger partial charge on any atom is 0.324 e. The van der Waals surface area contributed by atoms with Gasteiger partial charge in [0.15, 0.2) is 0 Å². The second kappa shape index (κ2) is 8.75. The van der Waals surface area contributed by atoms with E-state index in [1.807, 2.05) is 0 Å². The van der Waals surface area contributed by atoms with Crippen molar-refractivity contribution in [2.24, 2.45) is 7.05 Å². The Labute approximate surface area is 186 Å². The fourth-order valence-corrected chi connectivity index (χ4v) is 5.48. The number of sulfonamides is 1. The van der Waals surface area contributed by atoms with Gasteiger partial charge in [-0.15, -0.1) is 0 Å². The Morgan fingerprint density at radius 2 is 1.88 bits per heavy atom. The molecular formula is C21H25N5O5S. The van der Waals surface area contributed by atoms with Crippen molar-refractivity contribution in [3.05, 3.63) is 47.8 Å². The zero-order chi connectivity index (χ0) is 22.9. The fourth-order valence-electron chi connectivity index (χ4n) is 3.90. The van der Waals surface area contributed by atoms with E-state index in [-0.39, 0.29) is 29.6 Å². The number of nitrogens with zero attached hydrogens (tertiary/aromatic N) is 3. The van der Waals surface area contributed by atoms with E-state index in [1.54, 1.807) is 31.3 Å². The summed E-state index contributed by atoms with van der Waals surface area (Å²) < 4.78 is 28.8. The Morgan fingerprint density at radius 3 is 2.56 bits per heavy atom. The molecule has 0 atom stereocenters. The van der Waals surface area contributed by atoms with Crippen LogP contribution in [0.15, 0.2) is 41.4 Å². The first-order chi connectivity index (χ1) is 15.3. The molecule has 10 nitrogen and oxygen atoms in total. The van der Waals surface area contributed by atoms with Gasteiger partial charge in [0, 0.05) is 32.0 Å². The predicted molar refractivity (Wildman–Crippen MR) is 116 cm³/mol. The third-order valence-electron chi connectivity index (χ3n) is 5.63. The molecule has 2 aromatic rings. The average molecular weight is 460 g/mol. The first kappa shape index (κ1) is 22.0. The molecule has 2 N–H and O–H groups in total. The molecule has 11 heteroatoms. The summed E-state index contributed by atoms with van der Waals surface area (Å²) in [6.45, 7) is 1.05. The highest BCUT2D eigenvalue weighted by Gasteiger charge is 2.29. The van der Waals surface area contributed by atoms with Crippen LogP contribution in [0.2, 0.25) is 0 Å². The summed E-state index contributed by atoms with van der Waals surface area (Å²) in [5, 5.41) is 5.22. The van der Waals surface area contributed by atoms with Crippen molar-refractivity contribution in [1.29, 1.82) is 0 Å². The van der Waals surface area contributed by atoms with Crippen molar-refractivity contribution in [1.82, 2.24) is 19.1 Å². The van der Waals surface area contributed by atoms with Crippen LogP contribution in [0.25, 0.3) is 0 Å². The molecule has 0 spiro atoms. The van der Waals surface area contributed by atoms with Crippen LogP contribution in [-0.4, -0.2) is 59.7 Å². The summed E-state index contributed by atoms with van der Waals surface area (Å²) in [5.41, 5.74) is 1.36. The van der Waals surface area contributed by atoms with Crippen LogP contribution in [0.5, 0.6) is 0 Å². The SMILES string of the molecule is Cn1cc(S(=O)(=O)N2CCCCC2)cc1C(=O)Nc1cccc(CN2C(=O)CNC2=O)c1. The monoisotopic (exact) mass is 459 g/mol. The maximum absolute atomic E-state index is 12.9. The van der Waals surface area contributed by atoms with Crippen molar-refractivity contribution < 1.29 is 22.8 Å². The van der Waals surface area contributed by atoms with Crippen molar-refractivity contribution in [3.8, 4) is 0 Å². The number of aryl methyl sites for hydroxylation is 1. The number of carbonyl (C=O) groups excluding carboxylic acids is 3. The first-order valence-electron chi connectivity index (χ1n) is 10.4. The molecule has 0 unspecified atom stereocenters. The molecule has 0 aliphatic carbocycles. The van der Waals surface area contributed by atoms with Crippen LogP contribution >= 0.6 is 0 Å². The highest BCUT2D eigenvalue weighted by atomic mass is 32.2. The van der Waals surface area contributed by atoms with Gasteiger partial charge in [-0.25, -0.2) is 13.2 Å². The summed E-state index contributed by atoms with van der Waals surface area (Å²) in [5.74, 6) is -0.768. The van der Waals surface area contributed by atoms with Crippen molar-refractivity contribution in [3.63, 3.8) is 0 Å². The zero-order valence-corrected chi connectivity index (χ0v) is 18.5. The summed E-state index contributed by atoms with van der Waals surface area (Å²) >= 11 is 0. The lowest BCUT2D eigenvalue weighted by Crippen LogP contribution is -2.35. The van der Waals surface area contributed by atoms with Gasteiger partial charge in [-0.2, -0.15) is 4.31 Å². The molecule has 1 aromatic heterocycles. The van der Waals surface area contributed by atoms with Crippen LogP contribution in [0.3, 0.4) is 0 Å². The Bertz CT molecular complexity index is 1150. The summed E-state index contributed by atoms with van der Waals surface area (Å²) in [6, 6.07) is 7.75. The molecule has 2 aliphatic rings. The van der Waals surface area contributed by atoms with Crippen LogP contribution in [0.4, 0.5) is 10.5 Å². The first-order valence-corrected chi connectivity index (χ1v) is 11.8. The molecule has 2 saturated heterocycles. The predicted octanol–water partition coefficient (Wildman–Crippen LogP) is 1.50. The number of rotatable bonds is 6. The van der Waals surface area contributed by atoms with Gasteiger partial charge in [0.2, 0.25) is 15.9 Å². The van der Waals surface area contributed by atoms with E-state index < -0.39 is 22.0 Å². The highest BCUT2D eigenvalue weighted by Crippen LogP contribution is 2.23. The van der Waals surface area contributed by atoms with Gasteiger partial charge < -0.3 is 15.2 Å². The molecule has 0 bridgehead atoms. The minimum Gasteiger partial charge on any atom is -0.345 e. The standard InChI is InChI=1S/C21H25N5O5S/c1-24-14-17(32(30,31)25-8-3-2-4-9-25)11-18(24)20(28)23-16-7-5-6-15(10-16)13-26-19(27)12-22-21(26)29/h5-7,10-11,14H,2-4,8-9,12-13H2,1H3,(H,22,29)(H,23,28). The van der Waals surface area contributed by atoms with Crippen molar-refractivity contribution >= 4 is 33.6 Å². The number of carbonyl (C=O) groups is 3. The third kappa shape index (κ3) is 4.39. The number of hydrogen-bond donors (Lipinski definition) is 2. The number of piperidine rings is 1. The van der Waals surface area contributed by atoms with Gasteiger partial charge in [0.1, 0.15) is 10.6 Å². The van der Waals surface area contributed by atoms with E-state index in [0.717, 1.165) is 24.2 Å². The molecule has 170 valence electrons. The number of aromatic nitrogens is 1. The number of urea groups is 1. The lowest BCUT2D eigenvalue weighted by molar-refractivity contribution is -0.125. The van der Waals surface area contributed by atoms with Crippen LogP contribution in [-0.2, 0) is 28.4 Å². The molecule has 0 saturated carbocycles. The second-order valence-electron chi connectivity index (χ2n) is 7.93. The Kier molecular flexibility index (Phi) is 6.02. The summed E-state index contributed by atoms with van der Waals surface area (Å²) in [7, 11) is -2.02. The smallest absolute Gasteiger partial charge is 0.324 e. The van der Waals surface area contributed by atoms with Gasteiger partial charge in [0.25, 0.3) is 5.91 Å². The molecular weight excluding hydrogens is 434 g/mol. The van der Waals surface area contributed by atoms with Crippen molar-refractivity contribution in [2.75, 3.05) is 25.0 Å². The molecule has 2 aliphatic heterocycles. The van der Waals surface area contributed by atoms with Gasteiger partial charge in [-0.3, -0.25) is 14.5 Å². The van der Waals surface area contributed by atoms with E-state index in [1.165, 1.54) is 21.1 Å². The molecule has 1 aromatic carbocycles. The molecule has 3 heterocycles. The molecule has 4 rings (SSSR count). The summed E-state index contributed by atoms with van der Waals surface area (Å²) in [4.78, 5) is 37.6. The number of benzene rings is 1. The van der Waals surface area contributed by atoms with Gasteiger partial charge in [0.05, 0.1) is 13.1 Å². The lowest BCUT2D eigenvalue weighted by atomic mass is 10.2. The minimum absolute atomic E-state index is 0.0224. The van der Waals surface area contributed by atoms with Crippen molar-refractivity contribution in [2.45, 2.75) is 30.7 Å². The Morgan fingerprint density at radius 1 is 1.12 bits per heavy atom. The normalized spacial score (nSPS) is 17.5. The number of amides is 4. The van der Waals surface area contributed by atoms with E-state index in [9.17, 15) is 22.8 Å². The lowest BCUT2D eigenvalue weighted by Gasteiger charge is -2.25. The minimum atomic E-state index is -3.64. The quantitative estimate of drug-likeness (QED) is 0.635. The topological polar surface area (TPSA) is 121 Å². The average Bonchev–Trinajstić information content (AvgIpc) is 3.32. The van der Waals surface area contributed by atoms with Crippen LogP contribution in [0.1, 0.15) is 35.3 Å². The highest BCUT2D eigenvalue weighted by molar-refractivity contribution is 7.89. The van der Waals surface area contributed by atoms with Crippen LogP contribution < -0.4 is 10.6 Å². The fraction of sp³-hybridized carbons (Fsp3) is 0.381. The zero-order valence-electron chi connectivity index (χ0n) is 17.7. The van der Waals surface area contributed by atoms with Crippen LogP contribution in [0, 0.1) is 0 Å². The molecule has 0 radical (unpaired) electrons. The Balaban J connectivity index is 1.49. The third-order valence-corrected chi connectivity index (χ3v) is 7.49. The largest absolute Gasteiger partial charge is 0.345 e. The Hall–Kier alpha value is -3.18. The van der Waals surface area contributed by atoms with E-state index >= 15 is 0 Å². The number of hydrogen-bond acceptors (Lipinski definition) is 5. The molecule has 4 amide bonds. The van der Waals surface area contributed by atoms with E-state index in [4.69, 9.17) is 0 Å². The second-order valence-corrected chi connectivity index (χ2v) is 9.87. The van der Waals surface area contributed by atoms with Gasteiger partial charge in [-0.05, 0) is 36.6 Å². The van der Waals surface area contributed by atoms with Gasteiger partial charge in [-0.1, -0.05) is 18.6 Å². The van der Waals surface area contributed by atoms with Gasteiger partial charge >= 0.3 is 6.03 Å². The number of anilines is 1. The number of nitrogens with one attached hydrogen (secondary N) is 2. The van der Waals surface area contributed by atoms with E-state index in [0.29, 0.717) is 24.3 Å². The molecule has 2 fully saturated rings. The summed E-state index contributed by atoms with van der Waals surface area (Å²) in [6.07, 6.45) is 4.14. The maximum atomic E-state index is 12.9. The molecule has 32 heavy (non-hydrogen) atoms. The van der Waals surface area contributed by atoms with E-state index in [2.05, 4.69) is 10.6 Å². The number of imide groups is 1.